The highest BCUT2D eigenvalue weighted by Gasteiger charge is 2.22. The highest BCUT2D eigenvalue weighted by atomic mass is 32.2. The Bertz CT molecular complexity index is 720. The summed E-state index contributed by atoms with van der Waals surface area (Å²) in [6.45, 7) is 0.315. The van der Waals surface area contributed by atoms with Gasteiger partial charge in [0.05, 0.1) is 17.4 Å². The molecule has 0 radical (unpaired) electrons. The van der Waals surface area contributed by atoms with Crippen LogP contribution in [0.15, 0.2) is 46.1 Å². The number of benzene rings is 1. The van der Waals surface area contributed by atoms with Gasteiger partial charge in [-0.25, -0.2) is 8.42 Å². The lowest BCUT2D eigenvalue weighted by atomic mass is 9.92. The summed E-state index contributed by atoms with van der Waals surface area (Å²) < 4.78 is 31.6. The molecule has 4 nitrogen and oxygen atoms in total. The van der Waals surface area contributed by atoms with Crippen LogP contribution in [0.4, 0.5) is 0 Å². The molecular formula is C16H19NO3S. The second-order valence-corrected chi connectivity index (χ2v) is 7.58. The molecular weight excluding hydrogens is 286 g/mol. The maximum absolute atomic E-state index is 12.6. The normalized spacial score (nSPS) is 15.1. The Hall–Kier alpha value is -1.59. The monoisotopic (exact) mass is 305 g/mol. The highest BCUT2D eigenvalue weighted by Crippen LogP contribution is 2.25. The van der Waals surface area contributed by atoms with Crippen LogP contribution in [0.25, 0.3) is 0 Å². The zero-order valence-electron chi connectivity index (χ0n) is 12.1. The van der Waals surface area contributed by atoms with Crippen LogP contribution in [0.3, 0.4) is 0 Å². The molecule has 1 aliphatic carbocycles. The molecule has 1 aromatic carbocycles. The molecule has 0 amide bonds. The number of hydrogen-bond acceptors (Lipinski definition) is 3. The second kappa shape index (κ2) is 5.66. The number of sulfonamides is 1. The molecule has 2 aromatic rings. The van der Waals surface area contributed by atoms with E-state index in [1.165, 1.54) is 21.9 Å². The first-order valence-corrected chi connectivity index (χ1v) is 8.60. The third-order valence-electron chi connectivity index (χ3n) is 4.01. The van der Waals surface area contributed by atoms with E-state index in [-0.39, 0.29) is 0 Å². The van der Waals surface area contributed by atoms with Gasteiger partial charge in [0.1, 0.15) is 0 Å². The van der Waals surface area contributed by atoms with Gasteiger partial charge in [0.25, 0.3) is 0 Å². The largest absolute Gasteiger partial charge is 0.472 e. The maximum atomic E-state index is 12.6. The fourth-order valence-corrected chi connectivity index (χ4v) is 3.99. The van der Waals surface area contributed by atoms with E-state index < -0.39 is 10.0 Å². The Balaban J connectivity index is 1.87. The molecule has 1 aliphatic rings. The number of rotatable bonds is 4. The standard InChI is InChI=1S/C16H19NO3S/c1-17(11-13-8-9-20-12-13)21(18,19)16-7-6-14-4-2-3-5-15(14)10-16/h6-10,12H,2-5,11H2,1H3. The predicted octanol–water partition coefficient (Wildman–Crippen LogP) is 2.98. The Morgan fingerprint density at radius 3 is 2.62 bits per heavy atom. The van der Waals surface area contributed by atoms with Crippen molar-refractivity contribution in [1.82, 2.24) is 4.31 Å². The maximum Gasteiger partial charge on any atom is 0.243 e. The minimum atomic E-state index is -3.46. The third-order valence-corrected chi connectivity index (χ3v) is 5.81. The zero-order valence-corrected chi connectivity index (χ0v) is 12.9. The molecule has 5 heteroatoms. The molecule has 0 N–H and O–H groups in total. The molecule has 0 saturated heterocycles. The van der Waals surface area contributed by atoms with Crippen molar-refractivity contribution in [3.05, 3.63) is 53.5 Å². The topological polar surface area (TPSA) is 50.5 Å². The molecule has 0 unspecified atom stereocenters. The van der Waals surface area contributed by atoms with Crippen molar-refractivity contribution in [1.29, 1.82) is 0 Å². The van der Waals surface area contributed by atoms with Gasteiger partial charge in [0.15, 0.2) is 0 Å². The van der Waals surface area contributed by atoms with Crippen molar-refractivity contribution in [2.24, 2.45) is 0 Å². The summed E-state index contributed by atoms with van der Waals surface area (Å²) in [5.74, 6) is 0. The van der Waals surface area contributed by atoms with E-state index in [1.807, 2.05) is 12.1 Å². The van der Waals surface area contributed by atoms with Crippen molar-refractivity contribution in [3.8, 4) is 0 Å². The molecule has 0 spiro atoms. The van der Waals surface area contributed by atoms with Gasteiger partial charge in [-0.15, -0.1) is 0 Å². The number of nitrogens with zero attached hydrogens (tertiary/aromatic N) is 1. The minimum absolute atomic E-state index is 0.315. The molecule has 1 aromatic heterocycles. The highest BCUT2D eigenvalue weighted by molar-refractivity contribution is 7.89. The SMILES string of the molecule is CN(Cc1ccoc1)S(=O)(=O)c1ccc2c(c1)CCCC2. The lowest BCUT2D eigenvalue weighted by molar-refractivity contribution is 0.463. The molecule has 0 fully saturated rings. The number of hydrogen-bond donors (Lipinski definition) is 0. The Kier molecular flexibility index (Phi) is 3.87. The van der Waals surface area contributed by atoms with Gasteiger partial charge in [-0.2, -0.15) is 4.31 Å². The molecule has 0 aliphatic heterocycles. The lowest BCUT2D eigenvalue weighted by Gasteiger charge is -2.20. The molecule has 112 valence electrons. The van der Waals surface area contributed by atoms with Crippen LogP contribution in [0, 0.1) is 0 Å². The van der Waals surface area contributed by atoms with Gasteiger partial charge in [-0.1, -0.05) is 6.07 Å². The second-order valence-electron chi connectivity index (χ2n) is 5.53. The number of fused-ring (bicyclic) bond motifs is 1. The summed E-state index contributed by atoms with van der Waals surface area (Å²) in [4.78, 5) is 0.383. The van der Waals surface area contributed by atoms with E-state index in [2.05, 4.69) is 0 Å². The lowest BCUT2D eigenvalue weighted by Crippen LogP contribution is -2.26. The first-order valence-electron chi connectivity index (χ1n) is 7.16. The fourth-order valence-electron chi connectivity index (χ4n) is 2.77. The first kappa shape index (κ1) is 14.4. The van der Waals surface area contributed by atoms with Gasteiger partial charge in [0.2, 0.25) is 10.0 Å². The van der Waals surface area contributed by atoms with Crippen molar-refractivity contribution in [2.45, 2.75) is 37.1 Å². The minimum Gasteiger partial charge on any atom is -0.472 e. The van der Waals surface area contributed by atoms with Crippen LogP contribution in [-0.2, 0) is 29.4 Å². The number of aryl methyl sites for hydroxylation is 2. The molecule has 0 atom stereocenters. The van der Waals surface area contributed by atoms with Crippen LogP contribution in [0.2, 0.25) is 0 Å². The van der Waals surface area contributed by atoms with Gasteiger partial charge in [-0.3, -0.25) is 0 Å². The van der Waals surface area contributed by atoms with Crippen LogP contribution in [0.1, 0.15) is 29.5 Å². The van der Waals surface area contributed by atoms with E-state index in [0.29, 0.717) is 11.4 Å². The van der Waals surface area contributed by atoms with Gasteiger partial charge in [0, 0.05) is 19.2 Å². The summed E-state index contributed by atoms with van der Waals surface area (Å²) >= 11 is 0. The van der Waals surface area contributed by atoms with Crippen molar-refractivity contribution >= 4 is 10.0 Å². The zero-order chi connectivity index (χ0) is 14.9. The smallest absolute Gasteiger partial charge is 0.243 e. The predicted molar refractivity (Wildman–Crippen MR) is 80.4 cm³/mol. The summed E-state index contributed by atoms with van der Waals surface area (Å²) in [5.41, 5.74) is 3.32. The molecule has 0 bridgehead atoms. The average Bonchev–Trinajstić information content (AvgIpc) is 2.99. The molecule has 1 heterocycles. The quantitative estimate of drug-likeness (QED) is 0.872. The van der Waals surface area contributed by atoms with E-state index in [4.69, 9.17) is 4.42 Å². The van der Waals surface area contributed by atoms with Crippen molar-refractivity contribution < 1.29 is 12.8 Å². The Labute approximate surface area is 125 Å². The van der Waals surface area contributed by atoms with Gasteiger partial charge >= 0.3 is 0 Å². The summed E-state index contributed by atoms with van der Waals surface area (Å²) in [5, 5.41) is 0. The van der Waals surface area contributed by atoms with Crippen LogP contribution >= 0.6 is 0 Å². The Morgan fingerprint density at radius 2 is 1.90 bits per heavy atom. The molecule has 0 saturated carbocycles. The summed E-state index contributed by atoms with van der Waals surface area (Å²) in [6, 6.07) is 7.31. The average molecular weight is 305 g/mol. The molecule has 3 rings (SSSR count). The molecule has 21 heavy (non-hydrogen) atoms. The fraction of sp³-hybridized carbons (Fsp3) is 0.375. The van der Waals surface area contributed by atoms with Crippen molar-refractivity contribution in [2.75, 3.05) is 7.05 Å². The Morgan fingerprint density at radius 1 is 1.14 bits per heavy atom. The van der Waals surface area contributed by atoms with Crippen LogP contribution in [-0.4, -0.2) is 19.8 Å². The third kappa shape index (κ3) is 2.89. The first-order chi connectivity index (χ1) is 10.1. The van der Waals surface area contributed by atoms with Crippen LogP contribution in [0.5, 0.6) is 0 Å². The summed E-state index contributed by atoms with van der Waals surface area (Å²) in [7, 11) is -1.86. The van der Waals surface area contributed by atoms with E-state index in [1.54, 1.807) is 31.7 Å². The van der Waals surface area contributed by atoms with E-state index in [0.717, 1.165) is 24.8 Å². The van der Waals surface area contributed by atoms with E-state index >= 15 is 0 Å². The van der Waals surface area contributed by atoms with E-state index in [9.17, 15) is 8.42 Å². The van der Waals surface area contributed by atoms with Gasteiger partial charge < -0.3 is 4.42 Å². The number of furan rings is 1. The van der Waals surface area contributed by atoms with Crippen LogP contribution < -0.4 is 0 Å². The van der Waals surface area contributed by atoms with Gasteiger partial charge in [-0.05, 0) is 55.0 Å². The summed E-state index contributed by atoms with van der Waals surface area (Å²) in [6.07, 6.45) is 7.49. The van der Waals surface area contributed by atoms with Crippen molar-refractivity contribution in [3.63, 3.8) is 0 Å².